The van der Waals surface area contributed by atoms with Gasteiger partial charge >= 0.3 is 5.97 Å². The third-order valence-electron chi connectivity index (χ3n) is 4.37. The molecule has 1 fully saturated rings. The fourth-order valence-corrected chi connectivity index (χ4v) is 3.22. The zero-order valence-corrected chi connectivity index (χ0v) is 12.9. The maximum absolute atomic E-state index is 11.2. The van der Waals surface area contributed by atoms with Crippen LogP contribution in [0.2, 0.25) is 0 Å². The van der Waals surface area contributed by atoms with Gasteiger partial charge in [-0.25, -0.2) is 4.79 Å². The van der Waals surface area contributed by atoms with Gasteiger partial charge in [-0.05, 0) is 36.8 Å². The zero-order valence-electron chi connectivity index (χ0n) is 12.9. The minimum absolute atomic E-state index is 0.299. The molecule has 1 aliphatic carbocycles. The summed E-state index contributed by atoms with van der Waals surface area (Å²) in [5, 5.41) is 12.5. The van der Waals surface area contributed by atoms with Gasteiger partial charge in [-0.3, -0.25) is 0 Å². The first-order valence-corrected chi connectivity index (χ1v) is 7.75. The molecule has 2 unspecified atom stereocenters. The van der Waals surface area contributed by atoms with E-state index in [2.05, 4.69) is 12.2 Å². The van der Waals surface area contributed by atoms with Crippen molar-refractivity contribution < 1.29 is 14.6 Å². The monoisotopic (exact) mass is 291 g/mol. The third kappa shape index (κ3) is 4.38. The number of ether oxygens (including phenoxy) is 1. The molecule has 0 bridgehead atoms. The first-order chi connectivity index (χ1) is 10.1. The molecule has 1 saturated carbocycles. The van der Waals surface area contributed by atoms with E-state index < -0.39 is 5.97 Å². The van der Waals surface area contributed by atoms with Gasteiger partial charge in [0, 0.05) is 12.6 Å². The maximum atomic E-state index is 11.2. The van der Waals surface area contributed by atoms with Crippen LogP contribution in [0, 0.1) is 11.8 Å². The quantitative estimate of drug-likeness (QED) is 0.831. The van der Waals surface area contributed by atoms with Gasteiger partial charge < -0.3 is 15.2 Å². The smallest absolute Gasteiger partial charge is 0.337 e. The lowest BCUT2D eigenvalue weighted by Crippen LogP contribution is -2.17. The van der Waals surface area contributed by atoms with Gasteiger partial charge in [0.15, 0.2) is 0 Å². The number of nitrogens with one attached hydrogen (secondary N) is 1. The van der Waals surface area contributed by atoms with Crippen LogP contribution in [0.3, 0.4) is 0 Å². The Morgan fingerprint density at radius 3 is 2.90 bits per heavy atom. The van der Waals surface area contributed by atoms with Crippen molar-refractivity contribution in [1.82, 2.24) is 0 Å². The van der Waals surface area contributed by atoms with Crippen molar-refractivity contribution in [3.63, 3.8) is 0 Å². The molecule has 1 aromatic rings. The molecule has 0 radical (unpaired) electrons. The third-order valence-corrected chi connectivity index (χ3v) is 4.37. The highest BCUT2D eigenvalue weighted by atomic mass is 16.5. The Kier molecular flexibility index (Phi) is 5.48. The highest BCUT2D eigenvalue weighted by Gasteiger charge is 2.18. The summed E-state index contributed by atoms with van der Waals surface area (Å²) >= 11 is 0. The Labute approximate surface area is 126 Å². The van der Waals surface area contributed by atoms with Crippen LogP contribution in [-0.2, 0) is 0 Å². The molecular formula is C17H25NO3. The first kappa shape index (κ1) is 15.7. The summed E-state index contributed by atoms with van der Waals surface area (Å²) < 4.78 is 5.17. The summed E-state index contributed by atoms with van der Waals surface area (Å²) in [6, 6.07) is 5.02. The standard InChI is InChI=1S/C17H25NO3/c1-12-4-3-5-13(10-12)8-9-18-16-11-14(21-2)6-7-15(16)17(19)20/h6-7,11-13,18H,3-5,8-10H2,1-2H3,(H,19,20). The van der Waals surface area contributed by atoms with Gasteiger partial charge in [0.1, 0.15) is 5.75 Å². The summed E-state index contributed by atoms with van der Waals surface area (Å²) in [5.41, 5.74) is 0.943. The Morgan fingerprint density at radius 1 is 1.43 bits per heavy atom. The summed E-state index contributed by atoms with van der Waals surface area (Å²) in [6.45, 7) is 3.13. The SMILES string of the molecule is COc1ccc(C(=O)O)c(NCCC2CCCC(C)C2)c1. The molecule has 0 saturated heterocycles. The Hall–Kier alpha value is -1.71. The van der Waals surface area contributed by atoms with Crippen LogP contribution in [-0.4, -0.2) is 24.7 Å². The lowest BCUT2D eigenvalue weighted by atomic mass is 9.81. The van der Waals surface area contributed by atoms with Crippen LogP contribution in [0.15, 0.2) is 18.2 Å². The minimum Gasteiger partial charge on any atom is -0.497 e. The zero-order chi connectivity index (χ0) is 15.2. The van der Waals surface area contributed by atoms with Gasteiger partial charge in [0.25, 0.3) is 0 Å². The van der Waals surface area contributed by atoms with E-state index in [-0.39, 0.29) is 0 Å². The summed E-state index contributed by atoms with van der Waals surface area (Å²) in [7, 11) is 1.59. The molecule has 116 valence electrons. The van der Waals surface area contributed by atoms with Gasteiger partial charge in [0.2, 0.25) is 0 Å². The molecule has 1 aliphatic rings. The number of carboxylic acids is 1. The van der Waals surface area contributed by atoms with Gasteiger partial charge in [0.05, 0.1) is 18.4 Å². The van der Waals surface area contributed by atoms with E-state index in [0.717, 1.165) is 24.8 Å². The molecule has 4 nitrogen and oxygen atoms in total. The summed E-state index contributed by atoms with van der Waals surface area (Å²) in [4.78, 5) is 11.2. The number of hydrogen-bond acceptors (Lipinski definition) is 3. The number of benzene rings is 1. The Bertz CT molecular complexity index is 487. The predicted octanol–water partition coefficient (Wildman–Crippen LogP) is 4.02. The van der Waals surface area contributed by atoms with E-state index >= 15 is 0 Å². The predicted molar refractivity (Wildman–Crippen MR) is 84.2 cm³/mol. The van der Waals surface area contributed by atoms with E-state index in [1.807, 2.05) is 0 Å². The molecule has 2 atom stereocenters. The molecule has 1 aromatic carbocycles. The number of hydrogen-bond donors (Lipinski definition) is 2. The summed E-state index contributed by atoms with van der Waals surface area (Å²) in [6.07, 6.45) is 6.37. The van der Waals surface area contributed by atoms with Crippen molar-refractivity contribution in [2.75, 3.05) is 19.0 Å². The Balaban J connectivity index is 1.93. The van der Waals surface area contributed by atoms with Crippen LogP contribution < -0.4 is 10.1 Å². The number of carbonyl (C=O) groups is 1. The fraction of sp³-hybridized carbons (Fsp3) is 0.588. The van der Waals surface area contributed by atoms with Crippen LogP contribution in [0.4, 0.5) is 5.69 Å². The van der Waals surface area contributed by atoms with Crippen molar-refractivity contribution >= 4 is 11.7 Å². The lowest BCUT2D eigenvalue weighted by molar-refractivity contribution is 0.0698. The molecule has 21 heavy (non-hydrogen) atoms. The molecule has 2 N–H and O–H groups in total. The molecule has 2 rings (SSSR count). The largest absolute Gasteiger partial charge is 0.497 e. The van der Waals surface area contributed by atoms with E-state index in [4.69, 9.17) is 4.74 Å². The van der Waals surface area contributed by atoms with Gasteiger partial charge in [-0.1, -0.05) is 26.2 Å². The number of aromatic carboxylic acids is 1. The van der Waals surface area contributed by atoms with E-state index in [0.29, 0.717) is 17.0 Å². The van der Waals surface area contributed by atoms with Crippen LogP contribution in [0.25, 0.3) is 0 Å². The van der Waals surface area contributed by atoms with Crippen molar-refractivity contribution in [3.8, 4) is 5.75 Å². The fourth-order valence-electron chi connectivity index (χ4n) is 3.22. The van der Waals surface area contributed by atoms with Crippen molar-refractivity contribution in [1.29, 1.82) is 0 Å². The molecule has 0 heterocycles. The Morgan fingerprint density at radius 2 is 2.24 bits per heavy atom. The van der Waals surface area contributed by atoms with Gasteiger partial charge in [-0.15, -0.1) is 0 Å². The normalized spacial score (nSPS) is 21.8. The highest BCUT2D eigenvalue weighted by molar-refractivity contribution is 5.94. The van der Waals surface area contributed by atoms with E-state index in [1.54, 1.807) is 25.3 Å². The molecule has 0 spiro atoms. The topological polar surface area (TPSA) is 58.6 Å². The van der Waals surface area contributed by atoms with Crippen LogP contribution in [0.1, 0.15) is 49.4 Å². The maximum Gasteiger partial charge on any atom is 0.337 e. The molecule has 0 amide bonds. The van der Waals surface area contributed by atoms with E-state index in [1.165, 1.54) is 25.7 Å². The summed E-state index contributed by atoms with van der Waals surface area (Å²) in [5.74, 6) is 1.36. The minimum atomic E-state index is -0.911. The van der Waals surface area contributed by atoms with Crippen LogP contribution in [0.5, 0.6) is 5.75 Å². The van der Waals surface area contributed by atoms with Crippen molar-refractivity contribution in [2.24, 2.45) is 11.8 Å². The second-order valence-electron chi connectivity index (χ2n) is 6.07. The first-order valence-electron chi connectivity index (χ1n) is 7.75. The van der Waals surface area contributed by atoms with Crippen molar-refractivity contribution in [2.45, 2.75) is 39.0 Å². The lowest BCUT2D eigenvalue weighted by Gasteiger charge is -2.26. The number of anilines is 1. The second-order valence-corrected chi connectivity index (χ2v) is 6.07. The highest BCUT2D eigenvalue weighted by Crippen LogP contribution is 2.31. The molecule has 4 heteroatoms. The number of methoxy groups -OCH3 is 1. The molecular weight excluding hydrogens is 266 g/mol. The average Bonchev–Trinajstić information content (AvgIpc) is 2.47. The van der Waals surface area contributed by atoms with Crippen molar-refractivity contribution in [3.05, 3.63) is 23.8 Å². The van der Waals surface area contributed by atoms with Crippen LogP contribution >= 0.6 is 0 Å². The van der Waals surface area contributed by atoms with Gasteiger partial charge in [-0.2, -0.15) is 0 Å². The average molecular weight is 291 g/mol. The van der Waals surface area contributed by atoms with E-state index in [9.17, 15) is 9.90 Å². The second kappa shape index (κ2) is 7.34. The number of rotatable bonds is 6. The molecule has 0 aromatic heterocycles. The molecule has 0 aliphatic heterocycles. The number of carboxylic acid groups (broad SMARTS) is 1.